The van der Waals surface area contributed by atoms with Gasteiger partial charge in [-0.05, 0) is 43.5 Å². The molecule has 0 aliphatic heterocycles. The SMILES string of the molecule is CCO/N=C(\C)c1ccc(-c2ccccc2C)cc1Cl. The van der Waals surface area contributed by atoms with Crippen LogP contribution in [0.5, 0.6) is 0 Å². The van der Waals surface area contributed by atoms with Crippen molar-refractivity contribution in [2.24, 2.45) is 5.16 Å². The van der Waals surface area contributed by atoms with Crippen LogP contribution in [-0.4, -0.2) is 12.3 Å². The van der Waals surface area contributed by atoms with E-state index in [1.165, 1.54) is 11.1 Å². The molecule has 0 radical (unpaired) electrons. The molecule has 0 N–H and O–H groups in total. The zero-order valence-corrected chi connectivity index (χ0v) is 12.7. The van der Waals surface area contributed by atoms with E-state index in [2.05, 4.69) is 30.3 Å². The molecule has 0 fully saturated rings. The molecule has 2 aromatic carbocycles. The molecule has 104 valence electrons. The summed E-state index contributed by atoms with van der Waals surface area (Å²) in [6.45, 7) is 6.44. The van der Waals surface area contributed by atoms with Gasteiger partial charge in [0.25, 0.3) is 0 Å². The lowest BCUT2D eigenvalue weighted by atomic mass is 9.99. The molecule has 2 nitrogen and oxygen atoms in total. The molecular weight excluding hydrogens is 270 g/mol. The van der Waals surface area contributed by atoms with E-state index in [0.29, 0.717) is 11.6 Å². The molecule has 0 aromatic heterocycles. The van der Waals surface area contributed by atoms with Gasteiger partial charge in [0.05, 0.1) is 10.7 Å². The van der Waals surface area contributed by atoms with Gasteiger partial charge in [0.2, 0.25) is 0 Å². The fourth-order valence-electron chi connectivity index (χ4n) is 2.08. The Labute approximate surface area is 125 Å². The Balaban J connectivity index is 2.38. The van der Waals surface area contributed by atoms with Crippen LogP contribution in [-0.2, 0) is 4.84 Å². The van der Waals surface area contributed by atoms with Crippen molar-refractivity contribution < 1.29 is 4.84 Å². The summed E-state index contributed by atoms with van der Waals surface area (Å²) in [6.07, 6.45) is 0. The van der Waals surface area contributed by atoms with Gasteiger partial charge in [-0.15, -0.1) is 0 Å². The van der Waals surface area contributed by atoms with Crippen LogP contribution >= 0.6 is 11.6 Å². The summed E-state index contributed by atoms with van der Waals surface area (Å²) in [6, 6.07) is 14.3. The van der Waals surface area contributed by atoms with Gasteiger partial charge < -0.3 is 4.84 Å². The number of hydrogen-bond donors (Lipinski definition) is 0. The third kappa shape index (κ3) is 3.20. The molecule has 0 bridgehead atoms. The van der Waals surface area contributed by atoms with Gasteiger partial charge in [-0.2, -0.15) is 0 Å². The van der Waals surface area contributed by atoms with Crippen molar-refractivity contribution in [3.05, 3.63) is 58.6 Å². The van der Waals surface area contributed by atoms with Crippen molar-refractivity contribution in [2.75, 3.05) is 6.61 Å². The number of hydrogen-bond acceptors (Lipinski definition) is 2. The van der Waals surface area contributed by atoms with Crippen molar-refractivity contribution in [1.82, 2.24) is 0 Å². The maximum atomic E-state index is 6.37. The van der Waals surface area contributed by atoms with E-state index in [1.807, 2.05) is 38.1 Å². The molecule has 0 amide bonds. The Morgan fingerprint density at radius 2 is 1.95 bits per heavy atom. The molecule has 2 aromatic rings. The Morgan fingerprint density at radius 1 is 1.20 bits per heavy atom. The molecule has 0 heterocycles. The van der Waals surface area contributed by atoms with Crippen molar-refractivity contribution in [3.63, 3.8) is 0 Å². The highest BCUT2D eigenvalue weighted by atomic mass is 35.5. The van der Waals surface area contributed by atoms with Crippen LogP contribution in [0, 0.1) is 6.92 Å². The van der Waals surface area contributed by atoms with Crippen LogP contribution in [0.4, 0.5) is 0 Å². The van der Waals surface area contributed by atoms with Gasteiger partial charge >= 0.3 is 0 Å². The highest BCUT2D eigenvalue weighted by Gasteiger charge is 2.08. The number of nitrogens with zero attached hydrogens (tertiary/aromatic N) is 1. The van der Waals surface area contributed by atoms with Gasteiger partial charge in [0, 0.05) is 5.56 Å². The Kier molecular flexibility index (Phi) is 4.80. The molecule has 0 spiro atoms. The van der Waals surface area contributed by atoms with E-state index < -0.39 is 0 Å². The van der Waals surface area contributed by atoms with Crippen LogP contribution in [0.25, 0.3) is 11.1 Å². The average Bonchev–Trinajstić information content (AvgIpc) is 2.45. The third-order valence-corrected chi connectivity index (χ3v) is 3.46. The van der Waals surface area contributed by atoms with E-state index >= 15 is 0 Å². The normalized spacial score (nSPS) is 11.5. The molecule has 2 rings (SSSR count). The van der Waals surface area contributed by atoms with Gasteiger partial charge in [-0.3, -0.25) is 0 Å². The van der Waals surface area contributed by atoms with Gasteiger partial charge in [-0.25, -0.2) is 0 Å². The lowest BCUT2D eigenvalue weighted by molar-refractivity contribution is 0.159. The van der Waals surface area contributed by atoms with E-state index in [1.54, 1.807) is 0 Å². The number of rotatable bonds is 4. The van der Waals surface area contributed by atoms with Crippen LogP contribution in [0.1, 0.15) is 25.0 Å². The van der Waals surface area contributed by atoms with E-state index in [-0.39, 0.29) is 0 Å². The second-order valence-electron chi connectivity index (χ2n) is 4.60. The highest BCUT2D eigenvalue weighted by molar-refractivity contribution is 6.34. The minimum absolute atomic E-state index is 0.552. The molecule has 20 heavy (non-hydrogen) atoms. The summed E-state index contributed by atoms with van der Waals surface area (Å²) >= 11 is 6.37. The predicted molar refractivity (Wildman–Crippen MR) is 85.5 cm³/mol. The van der Waals surface area contributed by atoms with Gasteiger partial charge in [0.1, 0.15) is 6.61 Å². The largest absolute Gasteiger partial charge is 0.396 e. The monoisotopic (exact) mass is 287 g/mol. The van der Waals surface area contributed by atoms with Gasteiger partial charge in [0.15, 0.2) is 0 Å². The lowest BCUT2D eigenvalue weighted by Crippen LogP contribution is -1.98. The Morgan fingerprint density at radius 3 is 2.60 bits per heavy atom. The van der Waals surface area contributed by atoms with E-state index in [0.717, 1.165) is 16.8 Å². The van der Waals surface area contributed by atoms with Crippen LogP contribution in [0.3, 0.4) is 0 Å². The zero-order chi connectivity index (χ0) is 14.5. The summed E-state index contributed by atoms with van der Waals surface area (Å²) in [7, 11) is 0. The molecule has 0 aliphatic carbocycles. The Bertz CT molecular complexity index is 635. The summed E-state index contributed by atoms with van der Waals surface area (Å²) in [5.74, 6) is 0. The fourth-order valence-corrected chi connectivity index (χ4v) is 2.40. The van der Waals surface area contributed by atoms with Gasteiger partial charge in [-0.1, -0.05) is 53.2 Å². The number of oxime groups is 1. The van der Waals surface area contributed by atoms with Crippen LogP contribution in [0.2, 0.25) is 5.02 Å². The molecule has 3 heteroatoms. The number of halogens is 1. The average molecular weight is 288 g/mol. The zero-order valence-electron chi connectivity index (χ0n) is 12.0. The maximum absolute atomic E-state index is 6.37. The van der Waals surface area contributed by atoms with E-state index in [4.69, 9.17) is 16.4 Å². The summed E-state index contributed by atoms with van der Waals surface area (Å²) in [5.41, 5.74) is 5.23. The predicted octanol–water partition coefficient (Wildman–Crippen LogP) is 5.08. The second kappa shape index (κ2) is 6.58. The maximum Gasteiger partial charge on any atom is 0.114 e. The minimum atomic E-state index is 0.552. The van der Waals surface area contributed by atoms with Crippen molar-refractivity contribution in [1.29, 1.82) is 0 Å². The minimum Gasteiger partial charge on any atom is -0.396 e. The van der Waals surface area contributed by atoms with Crippen molar-refractivity contribution in [3.8, 4) is 11.1 Å². The summed E-state index contributed by atoms with van der Waals surface area (Å²) in [5, 5.41) is 4.71. The molecule has 0 saturated heterocycles. The Hall–Kier alpha value is -1.80. The lowest BCUT2D eigenvalue weighted by Gasteiger charge is -2.09. The number of aryl methyl sites for hydroxylation is 1. The topological polar surface area (TPSA) is 21.6 Å². The van der Waals surface area contributed by atoms with Crippen LogP contribution < -0.4 is 0 Å². The summed E-state index contributed by atoms with van der Waals surface area (Å²) in [4.78, 5) is 5.07. The van der Waals surface area contributed by atoms with E-state index in [9.17, 15) is 0 Å². The molecule has 0 saturated carbocycles. The summed E-state index contributed by atoms with van der Waals surface area (Å²) < 4.78 is 0. The number of benzene rings is 2. The second-order valence-corrected chi connectivity index (χ2v) is 5.01. The third-order valence-electron chi connectivity index (χ3n) is 3.15. The first kappa shape index (κ1) is 14.6. The first-order valence-corrected chi connectivity index (χ1v) is 7.03. The molecule has 0 atom stereocenters. The molecule has 0 unspecified atom stereocenters. The van der Waals surface area contributed by atoms with Crippen LogP contribution in [0.15, 0.2) is 47.6 Å². The standard InChI is InChI=1S/C17H18ClNO/c1-4-20-19-13(3)16-10-9-14(11-17(16)18)15-8-6-5-7-12(15)2/h5-11H,4H2,1-3H3/b19-13+. The first-order valence-electron chi connectivity index (χ1n) is 6.66. The van der Waals surface area contributed by atoms with Crippen molar-refractivity contribution >= 4 is 17.3 Å². The van der Waals surface area contributed by atoms with Crippen molar-refractivity contribution in [2.45, 2.75) is 20.8 Å². The first-order chi connectivity index (χ1) is 9.63. The molecular formula is C17H18ClNO. The quantitative estimate of drug-likeness (QED) is 0.568. The fraction of sp³-hybridized carbons (Fsp3) is 0.235. The highest BCUT2D eigenvalue weighted by Crippen LogP contribution is 2.28. The smallest absolute Gasteiger partial charge is 0.114 e. The molecule has 0 aliphatic rings.